The molecule has 116 valence electrons. The molecular formula is C9H15N2O8S-. The van der Waals surface area contributed by atoms with Crippen molar-refractivity contribution in [3.05, 3.63) is 0 Å². The third kappa shape index (κ3) is 3.36. The maximum Gasteiger partial charge on any atom is 0.448 e. The van der Waals surface area contributed by atoms with Crippen molar-refractivity contribution >= 4 is 22.3 Å². The average Bonchev–Trinajstić information content (AvgIpc) is 2.22. The predicted molar refractivity (Wildman–Crippen MR) is 61.6 cm³/mol. The van der Waals surface area contributed by atoms with Crippen LogP contribution in [0.4, 0.5) is 4.79 Å². The van der Waals surface area contributed by atoms with E-state index >= 15 is 0 Å². The van der Waals surface area contributed by atoms with Crippen LogP contribution in [-0.4, -0.2) is 59.9 Å². The summed E-state index contributed by atoms with van der Waals surface area (Å²) in [4.78, 5) is 26.8. The van der Waals surface area contributed by atoms with E-state index in [9.17, 15) is 27.7 Å². The van der Waals surface area contributed by atoms with E-state index in [0.717, 1.165) is 7.11 Å². The number of nitrogens with zero attached hydrogens (tertiary/aromatic N) is 1. The molecule has 0 unspecified atom stereocenters. The summed E-state index contributed by atoms with van der Waals surface area (Å²) in [6.45, 7) is 2.77. The zero-order valence-electron chi connectivity index (χ0n) is 11.0. The molecule has 1 rings (SSSR count). The van der Waals surface area contributed by atoms with Crippen LogP contribution in [0.2, 0.25) is 0 Å². The van der Waals surface area contributed by atoms with Crippen LogP contribution in [-0.2, 0) is 24.7 Å². The monoisotopic (exact) mass is 311 g/mol. The van der Waals surface area contributed by atoms with Gasteiger partial charge in [-0.3, -0.25) is 9.63 Å². The van der Waals surface area contributed by atoms with E-state index in [4.69, 9.17) is 4.74 Å². The number of aliphatic hydroxyl groups excluding tert-OH is 1. The third-order valence-electron chi connectivity index (χ3n) is 2.83. The van der Waals surface area contributed by atoms with Gasteiger partial charge in [-0.1, -0.05) is 4.47 Å². The molecule has 10 nitrogen and oxygen atoms in total. The van der Waals surface area contributed by atoms with Gasteiger partial charge in [-0.2, -0.15) is 0 Å². The molecule has 20 heavy (non-hydrogen) atoms. The van der Waals surface area contributed by atoms with Gasteiger partial charge in [0.1, 0.15) is 6.10 Å². The third-order valence-corrected chi connectivity index (χ3v) is 3.53. The molecule has 2 N–H and O–H groups in total. The molecule has 0 aromatic carbocycles. The number of nitrogens with one attached hydrogen (secondary N) is 1. The maximum atomic E-state index is 11.5. The summed E-state index contributed by atoms with van der Waals surface area (Å²) < 4.78 is 36.4. The Morgan fingerprint density at radius 2 is 2.05 bits per heavy atom. The minimum Gasteiger partial charge on any atom is -0.729 e. The lowest BCUT2D eigenvalue weighted by molar-refractivity contribution is -0.146. The highest BCUT2D eigenvalue weighted by Crippen LogP contribution is 2.24. The number of carbonyl (C=O) groups excluding carboxylic acids is 2. The fraction of sp³-hybridized carbons (Fsp3) is 0.778. The molecule has 1 fully saturated rings. The summed E-state index contributed by atoms with van der Waals surface area (Å²) in [5.74, 6) is -1.19. The molecule has 1 aliphatic rings. The normalized spacial score (nSPS) is 25.1. The van der Waals surface area contributed by atoms with Crippen LogP contribution in [0.3, 0.4) is 0 Å². The van der Waals surface area contributed by atoms with E-state index in [0.29, 0.717) is 0 Å². The molecule has 0 radical (unpaired) electrons. The van der Waals surface area contributed by atoms with Crippen molar-refractivity contribution in [3.8, 4) is 0 Å². The zero-order chi connectivity index (χ0) is 15.7. The van der Waals surface area contributed by atoms with Gasteiger partial charge in [0.15, 0.2) is 0 Å². The lowest BCUT2D eigenvalue weighted by Crippen LogP contribution is -2.66. The van der Waals surface area contributed by atoms with Crippen molar-refractivity contribution in [1.82, 2.24) is 9.79 Å². The van der Waals surface area contributed by atoms with Crippen LogP contribution in [0.5, 0.6) is 0 Å². The van der Waals surface area contributed by atoms with Crippen LogP contribution in [0.25, 0.3) is 0 Å². The topological polar surface area (TPSA) is 145 Å². The molecule has 11 heteroatoms. The summed E-state index contributed by atoms with van der Waals surface area (Å²) in [5.41, 5.74) is 0. The summed E-state index contributed by atoms with van der Waals surface area (Å²) in [5, 5.41) is 11.8. The van der Waals surface area contributed by atoms with E-state index in [-0.39, 0.29) is 0 Å². The second-order valence-electron chi connectivity index (χ2n) is 4.26. The highest BCUT2D eigenvalue weighted by atomic mass is 32.2. The Kier molecular flexibility index (Phi) is 4.91. The summed E-state index contributed by atoms with van der Waals surface area (Å²) in [6.07, 6.45) is -3.45. The largest absolute Gasteiger partial charge is 0.729 e. The van der Waals surface area contributed by atoms with E-state index in [1.807, 2.05) is 0 Å². The van der Waals surface area contributed by atoms with Crippen molar-refractivity contribution in [2.24, 2.45) is 5.92 Å². The molecule has 0 bridgehead atoms. The first-order chi connectivity index (χ1) is 9.09. The minimum atomic E-state index is -5.17. The number of rotatable bonds is 5. The van der Waals surface area contributed by atoms with Crippen LogP contribution in [0, 0.1) is 5.92 Å². The number of amides is 2. The molecule has 1 saturated heterocycles. The van der Waals surface area contributed by atoms with Gasteiger partial charge in [0.25, 0.3) is 0 Å². The fourth-order valence-electron chi connectivity index (χ4n) is 1.88. The highest BCUT2D eigenvalue weighted by Gasteiger charge is 2.47. The minimum absolute atomic E-state index is 0.409. The number of aliphatic hydroxyl groups is 1. The number of hydrogen-bond donors (Lipinski definition) is 2. The molecular weight excluding hydrogens is 296 g/mol. The SMILES string of the molecule is CON(C(=O)O[C@@H](C)[C@H]1NC(=O)[C@@H]1[C@@H](C)O)S(=O)(=O)[O-]. The van der Waals surface area contributed by atoms with Crippen molar-refractivity contribution in [2.75, 3.05) is 7.11 Å². The Balaban J connectivity index is 2.69. The Morgan fingerprint density at radius 3 is 2.40 bits per heavy atom. The van der Waals surface area contributed by atoms with E-state index in [1.54, 1.807) is 0 Å². The first-order valence-corrected chi connectivity index (χ1v) is 6.95. The lowest BCUT2D eigenvalue weighted by Gasteiger charge is -2.41. The second kappa shape index (κ2) is 5.91. The van der Waals surface area contributed by atoms with Crippen molar-refractivity contribution in [1.29, 1.82) is 0 Å². The number of carbonyl (C=O) groups is 2. The van der Waals surface area contributed by atoms with Gasteiger partial charge in [-0.15, -0.1) is 0 Å². The van der Waals surface area contributed by atoms with Crippen molar-refractivity contribution in [3.63, 3.8) is 0 Å². The van der Waals surface area contributed by atoms with Gasteiger partial charge < -0.3 is 19.7 Å². The lowest BCUT2D eigenvalue weighted by atomic mass is 9.83. The number of ether oxygens (including phenoxy) is 1. The molecule has 0 aromatic rings. The van der Waals surface area contributed by atoms with E-state index in [2.05, 4.69) is 10.2 Å². The number of hydrogen-bond acceptors (Lipinski definition) is 8. The van der Waals surface area contributed by atoms with Gasteiger partial charge in [0.05, 0.1) is 25.2 Å². The molecule has 0 aromatic heterocycles. The fourth-order valence-corrected chi connectivity index (χ4v) is 2.29. The summed E-state index contributed by atoms with van der Waals surface area (Å²) >= 11 is 0. The first-order valence-electron chi connectivity index (χ1n) is 5.59. The van der Waals surface area contributed by atoms with Gasteiger partial charge in [0, 0.05) is 0 Å². The van der Waals surface area contributed by atoms with E-state index < -0.39 is 50.9 Å². The zero-order valence-corrected chi connectivity index (χ0v) is 11.8. The predicted octanol–water partition coefficient (Wildman–Crippen LogP) is -1.67. The Hall–Kier alpha value is -1.43. The van der Waals surface area contributed by atoms with Gasteiger partial charge >= 0.3 is 6.09 Å². The first kappa shape index (κ1) is 16.6. The number of β-lactam (4-membered cyclic amide) rings is 1. The molecule has 0 aliphatic carbocycles. The summed E-state index contributed by atoms with van der Waals surface area (Å²) in [7, 11) is -4.35. The van der Waals surface area contributed by atoms with Crippen LogP contribution in [0.15, 0.2) is 0 Å². The maximum absolute atomic E-state index is 11.5. The molecule has 1 heterocycles. The highest BCUT2D eigenvalue weighted by molar-refractivity contribution is 7.83. The van der Waals surface area contributed by atoms with Crippen LogP contribution >= 0.6 is 0 Å². The van der Waals surface area contributed by atoms with Crippen molar-refractivity contribution in [2.45, 2.75) is 32.1 Å². The standard InChI is InChI=1S/C9H16N2O8S/c1-4(12)6-7(10-8(6)13)5(2)19-9(14)11(18-3)20(15,16)17/h4-7,12H,1-3H3,(H,10,13)(H,15,16,17)/p-1/t4-,5+,6-,7-/m1/s1. The quantitative estimate of drug-likeness (QED) is 0.348. The molecule has 2 amide bonds. The average molecular weight is 311 g/mol. The van der Waals surface area contributed by atoms with Crippen molar-refractivity contribution < 1.29 is 37.2 Å². The Labute approximate surface area is 115 Å². The smallest absolute Gasteiger partial charge is 0.448 e. The van der Waals surface area contributed by atoms with Gasteiger partial charge in [-0.05, 0) is 13.8 Å². The van der Waals surface area contributed by atoms with Crippen LogP contribution in [0.1, 0.15) is 13.8 Å². The Morgan fingerprint density at radius 1 is 1.50 bits per heavy atom. The molecule has 0 spiro atoms. The molecule has 0 saturated carbocycles. The van der Waals surface area contributed by atoms with E-state index in [1.165, 1.54) is 13.8 Å². The van der Waals surface area contributed by atoms with Crippen LogP contribution < -0.4 is 5.32 Å². The molecule has 4 atom stereocenters. The molecule has 1 aliphatic heterocycles. The number of hydroxylamine groups is 1. The Bertz CT molecular complexity index is 490. The second-order valence-corrected chi connectivity index (χ2v) is 5.44. The van der Waals surface area contributed by atoms with Gasteiger partial charge in [0.2, 0.25) is 16.2 Å². The van der Waals surface area contributed by atoms with Gasteiger partial charge in [-0.25, -0.2) is 13.2 Å². The summed E-state index contributed by atoms with van der Waals surface area (Å²) in [6, 6.07) is -0.681.